The monoisotopic (exact) mass is 1020 g/mol. The predicted octanol–water partition coefficient (Wildman–Crippen LogP) is 13.4. The third-order valence-electron chi connectivity index (χ3n) is 13.6. The lowest BCUT2D eigenvalue weighted by Crippen LogP contribution is -2.61. The first-order valence-electron chi connectivity index (χ1n) is 29.6. The second-order valence-electron chi connectivity index (χ2n) is 20.4. The number of esters is 1. The molecule has 0 bridgehead atoms. The summed E-state index contributed by atoms with van der Waals surface area (Å²) in [6, 6.07) is -1.03. The lowest BCUT2D eigenvalue weighted by atomic mass is 9.99. The third kappa shape index (κ3) is 37.1. The van der Waals surface area contributed by atoms with Crippen molar-refractivity contribution >= 4 is 11.9 Å². The number of nitrogens with one attached hydrogen (secondary N) is 1. The fraction of sp³-hybridized carbons (Fsp3) is 0.803. The zero-order valence-corrected chi connectivity index (χ0v) is 46.0. The van der Waals surface area contributed by atoms with Gasteiger partial charge in [-0.2, -0.15) is 0 Å². The van der Waals surface area contributed by atoms with Gasteiger partial charge in [0.05, 0.1) is 25.4 Å². The van der Waals surface area contributed by atoms with Crippen LogP contribution in [0.2, 0.25) is 0 Å². The first-order valence-corrected chi connectivity index (χ1v) is 29.6. The van der Waals surface area contributed by atoms with Crippen LogP contribution in [0.3, 0.4) is 0 Å². The van der Waals surface area contributed by atoms with Crippen molar-refractivity contribution in [1.82, 2.24) is 5.32 Å². The van der Waals surface area contributed by atoms with Gasteiger partial charge in [0.15, 0.2) is 12.4 Å². The summed E-state index contributed by atoms with van der Waals surface area (Å²) in [5.41, 5.74) is 0. The van der Waals surface area contributed by atoms with Crippen molar-refractivity contribution in [2.45, 2.75) is 301 Å². The van der Waals surface area contributed by atoms with E-state index in [1.165, 1.54) is 109 Å². The second kappa shape index (κ2) is 49.2. The minimum absolute atomic E-state index is 0.113. The summed E-state index contributed by atoms with van der Waals surface area (Å²) in [7, 11) is 0. The van der Waals surface area contributed by atoms with E-state index < -0.39 is 67.4 Å². The Morgan fingerprint density at radius 1 is 0.542 bits per heavy atom. The molecule has 1 aliphatic heterocycles. The van der Waals surface area contributed by atoms with E-state index >= 15 is 0 Å². The molecule has 0 spiro atoms. The average molecular weight is 1020 g/mol. The lowest BCUT2D eigenvalue weighted by Gasteiger charge is -2.41. The molecule has 1 saturated heterocycles. The summed E-state index contributed by atoms with van der Waals surface area (Å²) in [5.74, 6) is -1.21. The van der Waals surface area contributed by atoms with Crippen molar-refractivity contribution in [1.29, 1.82) is 0 Å². The molecule has 1 aliphatic rings. The quantitative estimate of drug-likeness (QED) is 0.0195. The number of amides is 1. The minimum Gasteiger partial charge on any atom is -0.454 e. The molecule has 0 aliphatic carbocycles. The van der Waals surface area contributed by atoms with Crippen molar-refractivity contribution in [2.75, 3.05) is 13.2 Å². The molecule has 6 N–H and O–H groups in total. The van der Waals surface area contributed by atoms with Crippen LogP contribution in [0.25, 0.3) is 0 Å². The topological polar surface area (TPSA) is 175 Å². The van der Waals surface area contributed by atoms with Crippen LogP contribution in [-0.4, -0.2) is 99.6 Å². The Bertz CT molecular complexity index is 1400. The summed E-state index contributed by atoms with van der Waals surface area (Å²) in [6.07, 6.45) is 49.8. The predicted molar refractivity (Wildman–Crippen MR) is 296 cm³/mol. The normalized spacial score (nSPS) is 19.9. The molecule has 0 radical (unpaired) electrons. The highest BCUT2D eigenvalue weighted by Gasteiger charge is 2.47. The number of carbonyl (C=O) groups is 2. The number of carbonyl (C=O) groups excluding carboxylic acids is 2. The fourth-order valence-electron chi connectivity index (χ4n) is 8.87. The van der Waals surface area contributed by atoms with Crippen molar-refractivity contribution in [3.63, 3.8) is 0 Å². The molecule has 0 aromatic heterocycles. The molecule has 1 amide bonds. The number of unbranched alkanes of at least 4 members (excludes halogenated alkanes) is 27. The molecule has 1 heterocycles. The van der Waals surface area contributed by atoms with Crippen molar-refractivity contribution in [3.8, 4) is 0 Å². The van der Waals surface area contributed by atoms with Gasteiger partial charge in [0.25, 0.3) is 0 Å². The Morgan fingerprint density at radius 2 is 0.972 bits per heavy atom. The Kier molecular flexibility index (Phi) is 46.1. The van der Waals surface area contributed by atoms with Crippen LogP contribution in [0.15, 0.2) is 60.8 Å². The largest absolute Gasteiger partial charge is 0.454 e. The van der Waals surface area contributed by atoms with Gasteiger partial charge in [-0.05, 0) is 83.5 Å². The molecule has 8 unspecified atom stereocenters. The van der Waals surface area contributed by atoms with Crippen LogP contribution in [-0.2, 0) is 23.8 Å². The van der Waals surface area contributed by atoms with Gasteiger partial charge in [-0.3, -0.25) is 9.59 Å². The highest BCUT2D eigenvalue weighted by atomic mass is 16.7. The standard InChI is InChI=1S/C61H109NO10/c1-4-7-10-13-16-19-22-24-25-26-27-28-29-30-31-32-34-37-40-43-46-49-56(66)72-59-58(68)57(67)55(50-63)71-61(59)70-51-52(53(64)47-44-41-38-36-33-23-20-17-14-11-8-5-2)62-60(69)54(65)48-45-42-39-35-21-18-15-12-9-6-3/h15-16,18-19,24-25,27-28,44,47,52-55,57-59,61,63-65,67-68H,4-14,17,20-23,26,29-43,45-46,48-51H2,1-3H3,(H,62,69)/b18-15-,19-16-,25-24-,28-27-,47-44+. The summed E-state index contributed by atoms with van der Waals surface area (Å²) >= 11 is 0. The molecular weight excluding hydrogens is 907 g/mol. The van der Waals surface area contributed by atoms with Crippen molar-refractivity contribution in [2.24, 2.45) is 0 Å². The molecule has 11 heteroatoms. The zero-order chi connectivity index (χ0) is 52.5. The van der Waals surface area contributed by atoms with Crippen LogP contribution in [0.5, 0.6) is 0 Å². The second-order valence-corrected chi connectivity index (χ2v) is 20.4. The van der Waals surface area contributed by atoms with E-state index in [-0.39, 0.29) is 19.4 Å². The molecule has 418 valence electrons. The van der Waals surface area contributed by atoms with Gasteiger partial charge in [-0.15, -0.1) is 0 Å². The van der Waals surface area contributed by atoms with E-state index in [0.717, 1.165) is 96.3 Å². The van der Waals surface area contributed by atoms with Crippen molar-refractivity contribution in [3.05, 3.63) is 60.8 Å². The van der Waals surface area contributed by atoms with Gasteiger partial charge in [-0.1, -0.05) is 223 Å². The summed E-state index contributed by atoms with van der Waals surface area (Å²) in [4.78, 5) is 26.4. The van der Waals surface area contributed by atoms with Crippen LogP contribution >= 0.6 is 0 Å². The molecule has 8 atom stereocenters. The Labute approximate surface area is 439 Å². The minimum atomic E-state index is -1.62. The summed E-state index contributed by atoms with van der Waals surface area (Å²) in [6.45, 7) is 5.69. The van der Waals surface area contributed by atoms with E-state index in [9.17, 15) is 35.1 Å². The maximum Gasteiger partial charge on any atom is 0.306 e. The van der Waals surface area contributed by atoms with Crippen LogP contribution < -0.4 is 5.32 Å². The number of rotatable bonds is 49. The summed E-state index contributed by atoms with van der Waals surface area (Å²) in [5, 5.41) is 56.7. The van der Waals surface area contributed by atoms with Gasteiger partial charge >= 0.3 is 5.97 Å². The molecular formula is C61H109NO10. The number of aliphatic hydroxyl groups is 5. The van der Waals surface area contributed by atoms with Gasteiger partial charge < -0.3 is 45.1 Å². The SMILES string of the molecule is CCCC/C=C\CCCCCCC(O)C(=O)NC(COC1OC(CO)C(O)C(O)C1OC(=O)CCCCCCCCCC/C=C\C/C=C\C/C=C\CCCCC)C(O)/C=C/CCCCCCCCCCCC. The molecule has 0 saturated carbocycles. The number of hydrogen-bond donors (Lipinski definition) is 6. The Hall–Kier alpha value is -2.64. The molecule has 72 heavy (non-hydrogen) atoms. The first kappa shape index (κ1) is 67.4. The number of allylic oxidation sites excluding steroid dienone is 9. The summed E-state index contributed by atoms with van der Waals surface area (Å²) < 4.78 is 17.6. The van der Waals surface area contributed by atoms with Crippen molar-refractivity contribution < 1.29 is 49.3 Å². The van der Waals surface area contributed by atoms with Gasteiger partial charge in [0.2, 0.25) is 5.91 Å². The number of aliphatic hydroxyl groups excluding tert-OH is 5. The third-order valence-corrected chi connectivity index (χ3v) is 13.6. The molecule has 11 nitrogen and oxygen atoms in total. The smallest absolute Gasteiger partial charge is 0.306 e. The maximum atomic E-state index is 13.3. The van der Waals surface area contributed by atoms with E-state index in [1.807, 2.05) is 6.08 Å². The number of ether oxygens (including phenoxy) is 3. The zero-order valence-electron chi connectivity index (χ0n) is 46.0. The van der Waals surface area contributed by atoms with Gasteiger partial charge in [-0.25, -0.2) is 0 Å². The highest BCUT2D eigenvalue weighted by Crippen LogP contribution is 2.26. The van der Waals surface area contributed by atoms with E-state index in [0.29, 0.717) is 12.8 Å². The number of hydrogen-bond acceptors (Lipinski definition) is 10. The molecule has 0 aromatic rings. The molecule has 1 rings (SSSR count). The molecule has 0 aromatic carbocycles. The first-order chi connectivity index (χ1) is 35.2. The van der Waals surface area contributed by atoms with Crippen LogP contribution in [0.4, 0.5) is 0 Å². The van der Waals surface area contributed by atoms with Crippen LogP contribution in [0, 0.1) is 0 Å². The van der Waals surface area contributed by atoms with Gasteiger partial charge in [0.1, 0.15) is 24.4 Å². The average Bonchev–Trinajstić information content (AvgIpc) is 3.38. The molecule has 1 fully saturated rings. The van der Waals surface area contributed by atoms with Gasteiger partial charge in [0, 0.05) is 6.42 Å². The van der Waals surface area contributed by atoms with E-state index in [1.54, 1.807) is 6.08 Å². The fourth-order valence-corrected chi connectivity index (χ4v) is 8.87. The van der Waals surface area contributed by atoms with Crippen LogP contribution in [0.1, 0.15) is 252 Å². The van der Waals surface area contributed by atoms with E-state index in [2.05, 4.69) is 74.7 Å². The maximum absolute atomic E-state index is 13.3. The lowest BCUT2D eigenvalue weighted by molar-refractivity contribution is -0.305. The Morgan fingerprint density at radius 3 is 1.51 bits per heavy atom. The Balaban J connectivity index is 2.66. The van der Waals surface area contributed by atoms with E-state index in [4.69, 9.17) is 14.2 Å². The highest BCUT2D eigenvalue weighted by molar-refractivity contribution is 5.80.